The first kappa shape index (κ1) is 22.8. The molecule has 0 saturated carbocycles. The second kappa shape index (κ2) is 8.86. The molecule has 3 heterocycles. The van der Waals surface area contributed by atoms with Gasteiger partial charge in [0.05, 0.1) is 16.6 Å². The monoisotopic (exact) mass is 481 g/mol. The van der Waals surface area contributed by atoms with E-state index in [9.17, 15) is 13.2 Å². The third-order valence-corrected chi connectivity index (χ3v) is 7.37. The number of hydrogen-bond acceptors (Lipinski definition) is 5. The smallest absolute Gasteiger partial charge is 0.367 e. The number of benzene rings is 1. The Hall–Kier alpha value is -2.39. The molecule has 1 aliphatic heterocycles. The van der Waals surface area contributed by atoms with Crippen LogP contribution in [0.3, 0.4) is 0 Å². The van der Waals surface area contributed by atoms with Gasteiger partial charge in [-0.05, 0) is 37.1 Å². The Labute approximate surface area is 192 Å². The van der Waals surface area contributed by atoms with Gasteiger partial charge in [0, 0.05) is 31.1 Å². The number of nitrogens with one attached hydrogen (secondary N) is 1. The Morgan fingerprint density at radius 3 is 2.56 bits per heavy atom. The number of rotatable bonds is 4. The lowest BCUT2D eigenvalue weighted by Crippen LogP contribution is -2.33. The Morgan fingerprint density at radius 2 is 1.88 bits per heavy atom. The van der Waals surface area contributed by atoms with Crippen molar-refractivity contribution in [1.82, 2.24) is 15.0 Å². The zero-order valence-electron chi connectivity index (χ0n) is 17.8. The average Bonchev–Trinajstić information content (AvgIpc) is 2.72. The van der Waals surface area contributed by atoms with Crippen molar-refractivity contribution in [3.63, 3.8) is 0 Å². The van der Waals surface area contributed by atoms with Crippen molar-refractivity contribution in [2.75, 3.05) is 34.8 Å². The van der Waals surface area contributed by atoms with Crippen LogP contribution in [-0.2, 0) is 12.7 Å². The van der Waals surface area contributed by atoms with Crippen molar-refractivity contribution in [3.05, 3.63) is 51.9 Å². The molecule has 4 rings (SSSR count). The van der Waals surface area contributed by atoms with Crippen LogP contribution in [0.15, 0.2) is 24.3 Å². The van der Waals surface area contributed by atoms with E-state index in [2.05, 4.69) is 31.0 Å². The van der Waals surface area contributed by atoms with Crippen LogP contribution in [0, 0.1) is 13.8 Å². The molecule has 10 heteroatoms. The molecule has 0 unspecified atom stereocenters. The predicted octanol–water partition coefficient (Wildman–Crippen LogP) is 5.45. The first-order valence-electron chi connectivity index (χ1n) is 10.1. The topological polar surface area (TPSA) is 53.9 Å². The number of aryl methyl sites for hydroxylation is 1. The van der Waals surface area contributed by atoms with Gasteiger partial charge in [0.15, 0.2) is 10.8 Å². The quantitative estimate of drug-likeness (QED) is 0.397. The number of pyridine rings is 1. The number of aromatic nitrogens is 3. The summed E-state index contributed by atoms with van der Waals surface area (Å²) in [5, 5.41) is 4.25. The molecule has 0 atom stereocenters. The molecule has 0 radical (unpaired) electrons. The molecule has 3 aromatic rings. The standard InChI is InChI=1S/C22H23ClF3N5S/c1-13-15(5-4-6-17(13)22(24,25)26)12-27-20-16-11-18(31-7-9-32(3)10-8-31)19(23)30-21(16)29-14(2)28-20/h4-6,11H,3,7-10,12H2,1-2H3,(H,27,28,29,30). The van der Waals surface area contributed by atoms with Crippen LogP contribution in [0.2, 0.25) is 5.15 Å². The van der Waals surface area contributed by atoms with Crippen molar-refractivity contribution < 1.29 is 13.2 Å². The molecule has 0 bridgehead atoms. The van der Waals surface area contributed by atoms with E-state index in [1.54, 1.807) is 13.0 Å². The summed E-state index contributed by atoms with van der Waals surface area (Å²) >= 11 is 6.48. The van der Waals surface area contributed by atoms with Crippen LogP contribution in [-0.4, -0.2) is 45.4 Å². The second-order valence-corrected chi connectivity index (χ2v) is 10.1. The van der Waals surface area contributed by atoms with E-state index in [-0.39, 0.29) is 22.6 Å². The molecule has 1 saturated heterocycles. The summed E-state index contributed by atoms with van der Waals surface area (Å²) < 4.78 is 39.8. The summed E-state index contributed by atoms with van der Waals surface area (Å²) in [5.41, 5.74) is 1.36. The molecule has 170 valence electrons. The van der Waals surface area contributed by atoms with Crippen molar-refractivity contribution in [2.24, 2.45) is 0 Å². The highest BCUT2D eigenvalue weighted by atomic mass is 35.5. The highest BCUT2D eigenvalue weighted by Gasteiger charge is 2.32. The molecular formula is C22H23ClF3N5S. The van der Waals surface area contributed by atoms with E-state index >= 15 is 0 Å². The zero-order chi connectivity index (χ0) is 23.0. The van der Waals surface area contributed by atoms with Gasteiger partial charge < -0.3 is 10.2 Å². The van der Waals surface area contributed by atoms with Crippen molar-refractivity contribution in [1.29, 1.82) is 0 Å². The molecule has 0 spiro atoms. The largest absolute Gasteiger partial charge is 0.416 e. The van der Waals surface area contributed by atoms with E-state index in [1.165, 1.54) is 13.0 Å². The molecule has 1 fully saturated rings. The van der Waals surface area contributed by atoms with Crippen LogP contribution < -0.4 is 10.2 Å². The van der Waals surface area contributed by atoms with Crippen LogP contribution in [0.4, 0.5) is 24.7 Å². The summed E-state index contributed by atoms with van der Waals surface area (Å²) in [6, 6.07) is 6.11. The van der Waals surface area contributed by atoms with E-state index in [0.717, 1.165) is 36.3 Å². The summed E-state index contributed by atoms with van der Waals surface area (Å²) in [4.78, 5) is 15.5. The van der Waals surface area contributed by atoms with Gasteiger partial charge in [-0.1, -0.05) is 29.6 Å². The predicted molar refractivity (Wildman–Crippen MR) is 127 cm³/mol. The van der Waals surface area contributed by atoms with Gasteiger partial charge in [-0.15, -0.1) is 0 Å². The zero-order valence-corrected chi connectivity index (χ0v) is 19.3. The number of anilines is 2. The number of hydrogen-bond donors (Lipinski definition) is 1. The van der Waals surface area contributed by atoms with E-state index in [0.29, 0.717) is 33.4 Å². The van der Waals surface area contributed by atoms with Crippen LogP contribution in [0.5, 0.6) is 0 Å². The Morgan fingerprint density at radius 1 is 1.16 bits per heavy atom. The van der Waals surface area contributed by atoms with E-state index in [4.69, 9.17) is 11.6 Å². The van der Waals surface area contributed by atoms with Gasteiger partial charge in [-0.2, -0.15) is 23.7 Å². The fraction of sp³-hybridized carbons (Fsp3) is 0.364. The minimum absolute atomic E-state index is 0.167. The molecule has 32 heavy (non-hydrogen) atoms. The molecule has 1 N–H and O–H groups in total. The molecule has 1 aliphatic rings. The number of alkyl halides is 3. The second-order valence-electron chi connectivity index (χ2n) is 7.74. The van der Waals surface area contributed by atoms with Gasteiger partial charge in [-0.3, -0.25) is 0 Å². The van der Waals surface area contributed by atoms with Gasteiger partial charge in [0.2, 0.25) is 0 Å². The van der Waals surface area contributed by atoms with Crippen molar-refractivity contribution >= 4 is 50.5 Å². The van der Waals surface area contributed by atoms with Crippen LogP contribution >= 0.6 is 22.1 Å². The van der Waals surface area contributed by atoms with Crippen molar-refractivity contribution in [3.8, 4) is 0 Å². The fourth-order valence-corrected chi connectivity index (χ4v) is 5.20. The third kappa shape index (κ3) is 4.68. The van der Waals surface area contributed by atoms with Crippen LogP contribution in [0.1, 0.15) is 22.5 Å². The van der Waals surface area contributed by atoms with Gasteiger partial charge in [-0.25, -0.2) is 15.0 Å². The van der Waals surface area contributed by atoms with E-state index in [1.807, 2.05) is 6.07 Å². The molecule has 1 aromatic carbocycles. The summed E-state index contributed by atoms with van der Waals surface area (Å²) in [6.45, 7) is 5.10. The molecule has 0 aliphatic carbocycles. The fourth-order valence-electron chi connectivity index (χ4n) is 3.78. The average molecular weight is 482 g/mol. The molecule has 0 amide bonds. The summed E-state index contributed by atoms with van der Waals surface area (Å²) in [6.07, 6.45) is -4.39. The van der Waals surface area contributed by atoms with Gasteiger partial charge in [0.25, 0.3) is 0 Å². The third-order valence-electron chi connectivity index (χ3n) is 5.57. The lowest BCUT2D eigenvalue weighted by atomic mass is 10.0. The first-order chi connectivity index (χ1) is 15.1. The molecule has 5 nitrogen and oxygen atoms in total. The minimum atomic E-state index is -4.39. The maximum Gasteiger partial charge on any atom is 0.416 e. The number of fused-ring (bicyclic) bond motifs is 1. The number of nitrogens with zero attached hydrogens (tertiary/aromatic N) is 4. The lowest BCUT2D eigenvalue weighted by molar-refractivity contribution is -0.138. The minimum Gasteiger partial charge on any atom is -0.367 e. The molecule has 2 aromatic heterocycles. The SMILES string of the molecule is C=S1CCN(c2cc3c(NCc4cccc(C(F)(F)F)c4C)nc(C)nc3nc2Cl)CC1. The number of halogens is 4. The normalized spacial score (nSPS) is 15.4. The first-order valence-corrected chi connectivity index (χ1v) is 12.2. The highest BCUT2D eigenvalue weighted by molar-refractivity contribution is 8.14. The maximum absolute atomic E-state index is 13.3. The lowest BCUT2D eigenvalue weighted by Gasteiger charge is -2.31. The van der Waals surface area contributed by atoms with Gasteiger partial charge in [0.1, 0.15) is 11.6 Å². The van der Waals surface area contributed by atoms with Crippen LogP contribution in [0.25, 0.3) is 11.0 Å². The Bertz CT molecular complexity index is 1190. The summed E-state index contributed by atoms with van der Waals surface area (Å²) in [5.74, 6) is 7.17. The Kier molecular flexibility index (Phi) is 6.31. The van der Waals surface area contributed by atoms with E-state index < -0.39 is 11.7 Å². The van der Waals surface area contributed by atoms with Crippen molar-refractivity contribution in [2.45, 2.75) is 26.6 Å². The maximum atomic E-state index is 13.3. The summed E-state index contributed by atoms with van der Waals surface area (Å²) in [7, 11) is 0.167. The van der Waals surface area contributed by atoms with Gasteiger partial charge >= 0.3 is 6.18 Å². The Balaban J connectivity index is 1.68. The molecular weight excluding hydrogens is 459 g/mol. The highest BCUT2D eigenvalue weighted by Crippen LogP contribution is 2.34.